The number of nitrogens with one attached hydrogen (secondary N) is 3. The van der Waals surface area contributed by atoms with Gasteiger partial charge in [0.05, 0.1) is 0 Å². The Balaban J connectivity index is 1.60. The minimum absolute atomic E-state index is 0.00644. The average molecular weight is 387 g/mol. The molecule has 3 rings (SSSR count). The monoisotopic (exact) mass is 386 g/mol. The molecule has 0 spiro atoms. The molecular weight excluding hydrogens is 356 g/mol. The fourth-order valence-corrected chi connectivity index (χ4v) is 4.14. The summed E-state index contributed by atoms with van der Waals surface area (Å²) in [6.07, 6.45) is 1.97. The topological polar surface area (TPSA) is 57.7 Å². The van der Waals surface area contributed by atoms with Gasteiger partial charge in [0.15, 0.2) is 5.96 Å². The van der Waals surface area contributed by atoms with E-state index in [1.807, 2.05) is 7.05 Å². The summed E-state index contributed by atoms with van der Waals surface area (Å²) < 4.78 is 5.63. The van der Waals surface area contributed by atoms with Crippen molar-refractivity contribution < 1.29 is 4.74 Å². The molecule has 1 unspecified atom stereocenters. The van der Waals surface area contributed by atoms with Crippen molar-refractivity contribution in [1.82, 2.24) is 16.0 Å². The van der Waals surface area contributed by atoms with Gasteiger partial charge in [-0.25, -0.2) is 0 Å². The lowest BCUT2D eigenvalue weighted by atomic mass is 9.88. The maximum atomic E-state index is 5.63. The zero-order valence-electron chi connectivity index (χ0n) is 16.2. The Morgan fingerprint density at radius 3 is 2.63 bits per heavy atom. The van der Waals surface area contributed by atoms with Crippen LogP contribution < -0.4 is 16.0 Å². The van der Waals surface area contributed by atoms with Crippen LogP contribution in [0.5, 0.6) is 0 Å². The fraction of sp³-hybridized carbons (Fsp3) is 0.476. The lowest BCUT2D eigenvalue weighted by Gasteiger charge is -2.41. The van der Waals surface area contributed by atoms with Crippen molar-refractivity contribution in [2.45, 2.75) is 37.9 Å². The first-order valence-electron chi connectivity index (χ1n) is 9.57. The molecule has 6 heteroatoms. The Morgan fingerprint density at radius 2 is 1.96 bits per heavy atom. The molecule has 1 aromatic heterocycles. The SMILES string of the molecule is CN=C(NCc1ccsc1)NCC1(NC(C)c2ccccc2)CCOCC1. The molecule has 146 valence electrons. The number of thiophene rings is 1. The summed E-state index contributed by atoms with van der Waals surface area (Å²) in [5.41, 5.74) is 2.58. The van der Waals surface area contributed by atoms with E-state index in [2.05, 4.69) is 75.0 Å². The number of aliphatic imine (C=N–C) groups is 1. The zero-order valence-corrected chi connectivity index (χ0v) is 17.0. The third kappa shape index (κ3) is 5.79. The van der Waals surface area contributed by atoms with Crippen LogP contribution in [0.1, 0.15) is 36.9 Å². The van der Waals surface area contributed by atoms with Gasteiger partial charge in [0.2, 0.25) is 0 Å². The average Bonchev–Trinajstić information content (AvgIpc) is 3.23. The number of ether oxygens (including phenoxy) is 1. The highest BCUT2D eigenvalue weighted by Crippen LogP contribution is 2.25. The Kier molecular flexibility index (Phi) is 7.26. The van der Waals surface area contributed by atoms with Crippen LogP contribution in [0.4, 0.5) is 0 Å². The maximum absolute atomic E-state index is 5.63. The quantitative estimate of drug-likeness (QED) is 0.505. The van der Waals surface area contributed by atoms with E-state index in [1.54, 1.807) is 11.3 Å². The Hall–Kier alpha value is -1.89. The molecule has 1 aliphatic rings. The summed E-state index contributed by atoms with van der Waals surface area (Å²) in [4.78, 5) is 4.38. The van der Waals surface area contributed by atoms with Crippen molar-refractivity contribution in [3.8, 4) is 0 Å². The van der Waals surface area contributed by atoms with Crippen LogP contribution in [-0.2, 0) is 11.3 Å². The molecule has 0 radical (unpaired) electrons. The van der Waals surface area contributed by atoms with Gasteiger partial charge in [-0.15, -0.1) is 0 Å². The molecule has 1 atom stereocenters. The highest BCUT2D eigenvalue weighted by Gasteiger charge is 2.34. The van der Waals surface area contributed by atoms with Crippen molar-refractivity contribution in [3.05, 3.63) is 58.3 Å². The predicted octanol–water partition coefficient (Wildman–Crippen LogP) is 3.31. The van der Waals surface area contributed by atoms with Crippen molar-refractivity contribution in [3.63, 3.8) is 0 Å². The number of hydrogen-bond acceptors (Lipinski definition) is 4. The molecule has 0 saturated carbocycles. The van der Waals surface area contributed by atoms with E-state index in [1.165, 1.54) is 11.1 Å². The molecule has 0 aliphatic carbocycles. The van der Waals surface area contributed by atoms with Crippen LogP contribution in [0, 0.1) is 0 Å². The van der Waals surface area contributed by atoms with Crippen LogP contribution in [0.2, 0.25) is 0 Å². The molecule has 2 heterocycles. The number of benzene rings is 1. The minimum Gasteiger partial charge on any atom is -0.381 e. The number of rotatable bonds is 7. The molecule has 1 aromatic carbocycles. The van der Waals surface area contributed by atoms with E-state index < -0.39 is 0 Å². The van der Waals surface area contributed by atoms with Gasteiger partial charge in [-0.05, 0) is 47.7 Å². The lowest BCUT2D eigenvalue weighted by molar-refractivity contribution is 0.0355. The second kappa shape index (κ2) is 9.88. The van der Waals surface area contributed by atoms with E-state index >= 15 is 0 Å². The summed E-state index contributed by atoms with van der Waals surface area (Å²) in [6.45, 7) is 5.41. The van der Waals surface area contributed by atoms with Gasteiger partial charge < -0.3 is 20.7 Å². The summed E-state index contributed by atoms with van der Waals surface area (Å²) in [5, 5.41) is 15.1. The Labute approximate surface area is 166 Å². The first kappa shape index (κ1) is 19.9. The smallest absolute Gasteiger partial charge is 0.191 e. The highest BCUT2D eigenvalue weighted by atomic mass is 32.1. The van der Waals surface area contributed by atoms with E-state index in [0.29, 0.717) is 0 Å². The van der Waals surface area contributed by atoms with Crippen molar-refractivity contribution in [1.29, 1.82) is 0 Å². The zero-order chi connectivity index (χ0) is 19.0. The molecule has 27 heavy (non-hydrogen) atoms. The number of nitrogens with zero attached hydrogens (tertiary/aromatic N) is 1. The van der Waals surface area contributed by atoms with Gasteiger partial charge in [-0.1, -0.05) is 30.3 Å². The van der Waals surface area contributed by atoms with Gasteiger partial charge >= 0.3 is 0 Å². The first-order chi connectivity index (χ1) is 13.2. The lowest BCUT2D eigenvalue weighted by Crippen LogP contribution is -2.58. The van der Waals surface area contributed by atoms with Gasteiger partial charge in [0.25, 0.3) is 0 Å². The van der Waals surface area contributed by atoms with Crippen LogP contribution in [0.15, 0.2) is 52.2 Å². The minimum atomic E-state index is -0.00644. The van der Waals surface area contributed by atoms with Gasteiger partial charge in [0.1, 0.15) is 0 Å². The fourth-order valence-electron chi connectivity index (χ4n) is 3.47. The predicted molar refractivity (Wildman–Crippen MR) is 113 cm³/mol. The highest BCUT2D eigenvalue weighted by molar-refractivity contribution is 7.07. The molecular formula is C21H30N4OS. The summed E-state index contributed by atoms with van der Waals surface area (Å²) in [6, 6.07) is 13.0. The maximum Gasteiger partial charge on any atom is 0.191 e. The van der Waals surface area contributed by atoms with Crippen LogP contribution in [0.3, 0.4) is 0 Å². The van der Waals surface area contributed by atoms with Crippen molar-refractivity contribution >= 4 is 17.3 Å². The third-order valence-electron chi connectivity index (χ3n) is 5.13. The standard InChI is InChI=1S/C21H30N4OS/c1-17(19-6-4-3-5-7-19)25-21(9-11-26-12-10-21)16-24-20(22-2)23-14-18-8-13-27-15-18/h3-8,13,15,17,25H,9-12,14,16H2,1-2H3,(H2,22,23,24). The second-order valence-electron chi connectivity index (χ2n) is 7.08. The first-order valence-corrected chi connectivity index (χ1v) is 10.5. The normalized spacial score (nSPS) is 18.1. The van der Waals surface area contributed by atoms with Crippen molar-refractivity contribution in [2.75, 3.05) is 26.8 Å². The number of hydrogen-bond donors (Lipinski definition) is 3. The largest absolute Gasteiger partial charge is 0.381 e. The molecule has 5 nitrogen and oxygen atoms in total. The Morgan fingerprint density at radius 1 is 1.19 bits per heavy atom. The molecule has 1 saturated heterocycles. The van der Waals surface area contributed by atoms with Crippen LogP contribution in [0.25, 0.3) is 0 Å². The summed E-state index contributed by atoms with van der Waals surface area (Å²) >= 11 is 1.71. The molecule has 0 bridgehead atoms. The molecule has 2 aromatic rings. The van der Waals surface area contributed by atoms with E-state index in [0.717, 1.165) is 45.1 Å². The number of guanidine groups is 1. The third-order valence-corrected chi connectivity index (χ3v) is 5.86. The molecule has 1 fully saturated rings. The summed E-state index contributed by atoms with van der Waals surface area (Å²) in [7, 11) is 1.82. The van der Waals surface area contributed by atoms with E-state index in [9.17, 15) is 0 Å². The molecule has 1 aliphatic heterocycles. The van der Waals surface area contributed by atoms with Crippen LogP contribution >= 0.6 is 11.3 Å². The second-order valence-corrected chi connectivity index (χ2v) is 7.86. The Bertz CT molecular complexity index is 696. The van der Waals surface area contributed by atoms with Crippen molar-refractivity contribution in [2.24, 2.45) is 4.99 Å². The van der Waals surface area contributed by atoms with E-state index in [4.69, 9.17) is 4.74 Å². The summed E-state index contributed by atoms with van der Waals surface area (Å²) in [5.74, 6) is 0.834. The van der Waals surface area contributed by atoms with Gasteiger partial charge in [0, 0.05) is 44.9 Å². The van der Waals surface area contributed by atoms with E-state index in [-0.39, 0.29) is 11.6 Å². The van der Waals surface area contributed by atoms with Gasteiger partial charge in [-0.2, -0.15) is 11.3 Å². The van der Waals surface area contributed by atoms with Gasteiger partial charge in [-0.3, -0.25) is 4.99 Å². The van der Waals surface area contributed by atoms with Crippen LogP contribution in [-0.4, -0.2) is 38.3 Å². The molecule has 0 amide bonds. The molecule has 3 N–H and O–H groups in total.